The van der Waals surface area contributed by atoms with Crippen LogP contribution in [0.15, 0.2) is 55.0 Å². The molecular formula is C25H32N4O. The summed E-state index contributed by atoms with van der Waals surface area (Å²) >= 11 is 0. The number of nitrogens with one attached hydrogen (secondary N) is 1. The molecule has 4 rings (SSSR count). The first-order chi connectivity index (χ1) is 14.8. The van der Waals surface area contributed by atoms with Crippen LogP contribution in [0.1, 0.15) is 48.7 Å². The minimum atomic E-state index is 0.171. The molecule has 1 amide bonds. The molecule has 0 spiro atoms. The van der Waals surface area contributed by atoms with Crippen LogP contribution in [0, 0.1) is 0 Å². The number of nitrogens with zero attached hydrogens (tertiary/aromatic N) is 3. The van der Waals surface area contributed by atoms with Gasteiger partial charge in [-0.05, 0) is 42.6 Å². The van der Waals surface area contributed by atoms with Gasteiger partial charge in [-0.25, -0.2) is 4.98 Å². The minimum Gasteiger partial charge on any atom is -0.351 e. The van der Waals surface area contributed by atoms with Crippen molar-refractivity contribution in [1.29, 1.82) is 0 Å². The van der Waals surface area contributed by atoms with Gasteiger partial charge >= 0.3 is 0 Å². The summed E-state index contributed by atoms with van der Waals surface area (Å²) in [4.78, 5) is 25.4. The average Bonchev–Trinajstić information content (AvgIpc) is 3.31. The van der Waals surface area contributed by atoms with E-state index in [4.69, 9.17) is 0 Å². The number of benzene rings is 2. The van der Waals surface area contributed by atoms with Crippen LogP contribution in [0.5, 0.6) is 0 Å². The number of hydrogen-bond acceptors (Lipinski definition) is 3. The molecule has 3 aromatic rings. The molecule has 0 saturated carbocycles. The van der Waals surface area contributed by atoms with Gasteiger partial charge in [-0.1, -0.05) is 56.2 Å². The zero-order valence-corrected chi connectivity index (χ0v) is 17.9. The molecular weight excluding hydrogens is 372 g/mol. The van der Waals surface area contributed by atoms with Crippen molar-refractivity contribution in [3.8, 4) is 0 Å². The SMILES string of the molecule is CCCCC1CN(C(=O)c2cccc3ccccc23)CCN1CCCc1c[nH]cn1. The van der Waals surface area contributed by atoms with Gasteiger partial charge in [0.05, 0.1) is 12.0 Å². The zero-order chi connectivity index (χ0) is 20.8. The summed E-state index contributed by atoms with van der Waals surface area (Å²) in [5.41, 5.74) is 1.96. The molecule has 0 bridgehead atoms. The van der Waals surface area contributed by atoms with Gasteiger partial charge in [-0.15, -0.1) is 0 Å². The third kappa shape index (κ3) is 4.73. The standard InChI is InChI=1S/C25H32N4O/c1-2-3-11-22-18-29(16-15-28(22)14-7-10-21-17-26-19-27-21)25(30)24-13-6-9-20-8-4-5-12-23(20)24/h4-6,8-9,12-13,17,19,22H,2-3,7,10-11,14-16,18H2,1H3,(H,26,27). The third-order valence-electron chi connectivity index (χ3n) is 6.24. The Balaban J connectivity index is 1.43. The topological polar surface area (TPSA) is 52.2 Å². The maximum atomic E-state index is 13.4. The lowest BCUT2D eigenvalue weighted by atomic mass is 10.0. The fraction of sp³-hybridized carbons (Fsp3) is 0.440. The van der Waals surface area contributed by atoms with Crippen molar-refractivity contribution in [3.05, 3.63) is 66.2 Å². The normalized spacial score (nSPS) is 17.5. The van der Waals surface area contributed by atoms with Gasteiger partial charge in [0.1, 0.15) is 0 Å². The number of piperazine rings is 1. The molecule has 5 heteroatoms. The van der Waals surface area contributed by atoms with E-state index in [1.165, 1.54) is 12.8 Å². The van der Waals surface area contributed by atoms with Gasteiger partial charge in [-0.3, -0.25) is 9.69 Å². The molecule has 0 aliphatic carbocycles. The largest absolute Gasteiger partial charge is 0.351 e. The number of rotatable bonds is 8. The van der Waals surface area contributed by atoms with Crippen molar-refractivity contribution < 1.29 is 4.79 Å². The first kappa shape index (κ1) is 20.6. The molecule has 158 valence electrons. The molecule has 1 aromatic heterocycles. The highest BCUT2D eigenvalue weighted by Crippen LogP contribution is 2.23. The van der Waals surface area contributed by atoms with Crippen molar-refractivity contribution in [2.75, 3.05) is 26.2 Å². The Morgan fingerprint density at radius 1 is 1.13 bits per heavy atom. The number of H-pyrrole nitrogens is 1. The number of carbonyl (C=O) groups is 1. The number of imidazole rings is 1. The van der Waals surface area contributed by atoms with Crippen LogP contribution < -0.4 is 0 Å². The summed E-state index contributed by atoms with van der Waals surface area (Å²) in [6.45, 7) is 5.88. The van der Waals surface area contributed by atoms with E-state index in [2.05, 4.69) is 44.9 Å². The van der Waals surface area contributed by atoms with E-state index in [-0.39, 0.29) is 5.91 Å². The van der Waals surface area contributed by atoms with Crippen molar-refractivity contribution in [2.45, 2.75) is 45.1 Å². The number of fused-ring (bicyclic) bond motifs is 1. The first-order valence-electron chi connectivity index (χ1n) is 11.2. The van der Waals surface area contributed by atoms with Gasteiger partial charge in [0.15, 0.2) is 0 Å². The number of unbranched alkanes of at least 4 members (excludes halogenated alkanes) is 1. The average molecular weight is 405 g/mol. The summed E-state index contributed by atoms with van der Waals surface area (Å²) in [5.74, 6) is 0.171. The van der Waals surface area contributed by atoms with Crippen LogP contribution in [-0.2, 0) is 6.42 Å². The summed E-state index contributed by atoms with van der Waals surface area (Å²) < 4.78 is 0. The molecule has 5 nitrogen and oxygen atoms in total. The van der Waals surface area contributed by atoms with Crippen molar-refractivity contribution in [2.24, 2.45) is 0 Å². The maximum absolute atomic E-state index is 13.4. The van der Waals surface area contributed by atoms with Gasteiger partial charge in [0.25, 0.3) is 5.91 Å². The van der Waals surface area contributed by atoms with Gasteiger partial charge < -0.3 is 9.88 Å². The monoisotopic (exact) mass is 404 g/mol. The Hall–Kier alpha value is -2.66. The van der Waals surface area contributed by atoms with Gasteiger partial charge in [0.2, 0.25) is 0 Å². The Bertz CT molecular complexity index is 947. The third-order valence-corrected chi connectivity index (χ3v) is 6.24. The fourth-order valence-electron chi connectivity index (χ4n) is 4.56. The molecule has 2 aromatic carbocycles. The van der Waals surface area contributed by atoms with Crippen molar-refractivity contribution in [1.82, 2.24) is 19.8 Å². The van der Waals surface area contributed by atoms with Gasteiger partial charge in [-0.2, -0.15) is 0 Å². The fourth-order valence-corrected chi connectivity index (χ4v) is 4.56. The molecule has 1 saturated heterocycles. The van der Waals surface area contributed by atoms with Crippen LogP contribution in [-0.4, -0.2) is 57.9 Å². The van der Waals surface area contributed by atoms with Crippen LogP contribution in [0.25, 0.3) is 10.8 Å². The second-order valence-corrected chi connectivity index (χ2v) is 8.27. The lowest BCUT2D eigenvalue weighted by molar-refractivity contribution is 0.0458. The minimum absolute atomic E-state index is 0.171. The predicted octanol–water partition coefficient (Wildman–Crippen LogP) is 4.51. The van der Waals surface area contributed by atoms with Crippen LogP contribution in [0.4, 0.5) is 0 Å². The number of amides is 1. The van der Waals surface area contributed by atoms with Crippen molar-refractivity contribution in [3.63, 3.8) is 0 Å². The van der Waals surface area contributed by atoms with Crippen LogP contribution in [0.2, 0.25) is 0 Å². The summed E-state index contributed by atoms with van der Waals surface area (Å²) in [7, 11) is 0. The lowest BCUT2D eigenvalue weighted by Crippen LogP contribution is -2.54. The summed E-state index contributed by atoms with van der Waals surface area (Å²) in [6, 6.07) is 14.7. The smallest absolute Gasteiger partial charge is 0.254 e. The Morgan fingerprint density at radius 3 is 2.83 bits per heavy atom. The van der Waals surface area contributed by atoms with E-state index in [0.29, 0.717) is 6.04 Å². The van der Waals surface area contributed by atoms with E-state index < -0.39 is 0 Å². The van der Waals surface area contributed by atoms with E-state index in [9.17, 15) is 4.79 Å². The maximum Gasteiger partial charge on any atom is 0.254 e. The number of aryl methyl sites for hydroxylation is 1. The molecule has 1 unspecified atom stereocenters. The molecule has 1 aliphatic heterocycles. The van der Waals surface area contributed by atoms with Gasteiger partial charge in [0, 0.05) is 37.4 Å². The molecule has 1 aliphatic rings. The summed E-state index contributed by atoms with van der Waals surface area (Å²) in [6.07, 6.45) is 9.38. The highest BCUT2D eigenvalue weighted by molar-refractivity contribution is 6.07. The predicted molar refractivity (Wildman–Crippen MR) is 122 cm³/mol. The molecule has 1 fully saturated rings. The number of carbonyl (C=O) groups excluding carboxylic acids is 1. The first-order valence-corrected chi connectivity index (χ1v) is 11.2. The number of aromatic amines is 1. The number of hydrogen-bond donors (Lipinski definition) is 1. The zero-order valence-electron chi connectivity index (χ0n) is 17.9. The molecule has 1 N–H and O–H groups in total. The van der Waals surface area contributed by atoms with E-state index in [0.717, 1.165) is 67.5 Å². The number of aromatic nitrogens is 2. The quantitative estimate of drug-likeness (QED) is 0.601. The van der Waals surface area contributed by atoms with Crippen LogP contribution >= 0.6 is 0 Å². The Labute approximate surface area is 179 Å². The molecule has 2 heterocycles. The second kappa shape index (κ2) is 9.90. The Kier molecular flexibility index (Phi) is 6.80. The van der Waals surface area contributed by atoms with E-state index in [1.54, 1.807) is 6.33 Å². The van der Waals surface area contributed by atoms with E-state index >= 15 is 0 Å². The summed E-state index contributed by atoms with van der Waals surface area (Å²) in [5, 5.41) is 2.18. The molecule has 1 atom stereocenters. The molecule has 30 heavy (non-hydrogen) atoms. The molecule has 0 radical (unpaired) electrons. The van der Waals surface area contributed by atoms with Crippen molar-refractivity contribution >= 4 is 16.7 Å². The highest BCUT2D eigenvalue weighted by Gasteiger charge is 2.29. The highest BCUT2D eigenvalue weighted by atomic mass is 16.2. The second-order valence-electron chi connectivity index (χ2n) is 8.27. The van der Waals surface area contributed by atoms with Crippen LogP contribution in [0.3, 0.4) is 0 Å². The lowest BCUT2D eigenvalue weighted by Gasteiger charge is -2.42. The Morgan fingerprint density at radius 2 is 2.00 bits per heavy atom. The van der Waals surface area contributed by atoms with E-state index in [1.807, 2.05) is 30.5 Å².